The molecule has 1 aliphatic rings. The molecule has 6 heteroatoms. The molecule has 2 aromatic heterocycles. The molecule has 4 aromatic rings. The van der Waals surface area contributed by atoms with Crippen LogP contribution in [0.2, 0.25) is 0 Å². The first kappa shape index (κ1) is 25.7. The van der Waals surface area contributed by atoms with Crippen LogP contribution in [-0.4, -0.2) is 38.7 Å². The number of pyridine rings is 1. The summed E-state index contributed by atoms with van der Waals surface area (Å²) in [6.07, 6.45) is 4.46. The van der Waals surface area contributed by atoms with Gasteiger partial charge in [0, 0.05) is 36.6 Å². The number of hydrogen-bond acceptors (Lipinski definition) is 4. The summed E-state index contributed by atoms with van der Waals surface area (Å²) >= 11 is 0. The Hall–Kier alpha value is -3.93. The topological polar surface area (TPSA) is 60.3 Å². The number of benzene rings is 2. The second kappa shape index (κ2) is 10.8. The maximum absolute atomic E-state index is 13.6. The fourth-order valence-corrected chi connectivity index (χ4v) is 5.25. The van der Waals surface area contributed by atoms with Crippen LogP contribution in [0.15, 0.2) is 60.9 Å². The molecule has 1 aliphatic heterocycles. The lowest BCUT2D eigenvalue weighted by molar-refractivity contribution is 0.0699. The normalized spacial score (nSPS) is 13.2. The molecule has 0 saturated carbocycles. The first-order chi connectivity index (χ1) is 18.4. The van der Waals surface area contributed by atoms with E-state index in [0.29, 0.717) is 31.3 Å². The third-order valence-corrected chi connectivity index (χ3v) is 7.25. The zero-order chi connectivity index (χ0) is 26.8. The lowest BCUT2D eigenvalue weighted by Crippen LogP contribution is -2.41. The molecular formula is C32H36N4O2. The van der Waals surface area contributed by atoms with E-state index in [1.165, 1.54) is 5.56 Å². The average Bonchev–Trinajstić information content (AvgIpc) is 3.31. The van der Waals surface area contributed by atoms with Gasteiger partial charge in [-0.2, -0.15) is 5.10 Å². The summed E-state index contributed by atoms with van der Waals surface area (Å²) in [6, 6.07) is 16.8. The van der Waals surface area contributed by atoms with Crippen molar-refractivity contribution in [2.75, 3.05) is 13.1 Å². The molecule has 6 nitrogen and oxygen atoms in total. The Bertz CT molecular complexity index is 1420. The molecule has 1 amide bonds. The molecule has 0 saturated heterocycles. The van der Waals surface area contributed by atoms with Crippen molar-refractivity contribution in [2.45, 2.75) is 60.1 Å². The predicted molar refractivity (Wildman–Crippen MR) is 151 cm³/mol. The second-order valence-corrected chi connectivity index (χ2v) is 10.4. The lowest BCUT2D eigenvalue weighted by Gasteiger charge is -2.27. The summed E-state index contributed by atoms with van der Waals surface area (Å²) < 4.78 is 8.20. The third-order valence-electron chi connectivity index (χ3n) is 7.25. The van der Waals surface area contributed by atoms with Gasteiger partial charge in [-0.1, -0.05) is 45.0 Å². The van der Waals surface area contributed by atoms with Gasteiger partial charge in [0.1, 0.15) is 23.7 Å². The molecule has 0 N–H and O–H groups in total. The van der Waals surface area contributed by atoms with E-state index in [1.54, 1.807) is 12.4 Å². The minimum atomic E-state index is 0.0429. The summed E-state index contributed by atoms with van der Waals surface area (Å²) in [5.41, 5.74) is 8.82. The maximum Gasteiger partial charge on any atom is 0.272 e. The van der Waals surface area contributed by atoms with Gasteiger partial charge in [0.05, 0.1) is 6.54 Å². The van der Waals surface area contributed by atoms with Gasteiger partial charge in [0.2, 0.25) is 0 Å². The molecule has 196 valence electrons. The number of nitrogens with zero attached hydrogens (tertiary/aromatic N) is 4. The van der Waals surface area contributed by atoms with Gasteiger partial charge in [0.15, 0.2) is 0 Å². The number of ether oxygens (including phenoxy) is 1. The van der Waals surface area contributed by atoms with Crippen LogP contribution >= 0.6 is 0 Å². The highest BCUT2D eigenvalue weighted by molar-refractivity contribution is 6.03. The molecule has 0 aliphatic carbocycles. The van der Waals surface area contributed by atoms with Crippen molar-refractivity contribution in [3.8, 4) is 28.1 Å². The van der Waals surface area contributed by atoms with Crippen LogP contribution in [0.4, 0.5) is 0 Å². The smallest absolute Gasteiger partial charge is 0.272 e. The van der Waals surface area contributed by atoms with Crippen LogP contribution in [0.25, 0.3) is 22.4 Å². The van der Waals surface area contributed by atoms with Crippen LogP contribution in [0.1, 0.15) is 65.9 Å². The molecule has 3 heterocycles. The van der Waals surface area contributed by atoms with Gasteiger partial charge < -0.3 is 9.64 Å². The molecule has 5 rings (SSSR count). The molecule has 0 radical (unpaired) electrons. The third kappa shape index (κ3) is 4.95. The molecule has 0 bridgehead atoms. The minimum absolute atomic E-state index is 0.0429. The number of hydrogen-bond donors (Lipinski definition) is 0. The zero-order valence-electron chi connectivity index (χ0n) is 23.0. The van der Waals surface area contributed by atoms with Crippen molar-refractivity contribution in [1.29, 1.82) is 0 Å². The number of rotatable bonds is 8. The van der Waals surface area contributed by atoms with Crippen molar-refractivity contribution < 1.29 is 9.53 Å². The van der Waals surface area contributed by atoms with Crippen molar-refractivity contribution in [3.63, 3.8) is 0 Å². The second-order valence-electron chi connectivity index (χ2n) is 10.4. The Balaban J connectivity index is 1.52. The first-order valence-corrected chi connectivity index (χ1v) is 13.5. The van der Waals surface area contributed by atoms with Gasteiger partial charge in [-0.3, -0.25) is 14.5 Å². The highest BCUT2D eigenvalue weighted by Crippen LogP contribution is 2.39. The Morgan fingerprint density at radius 3 is 2.26 bits per heavy atom. The SMILES string of the molecule is CCCN1CCn2nc(-c3ccncc3)c(-c3cc(C)c(OCc4ccc(C(C)C)cc4)c(C)c3)c2C1=O. The standard InChI is InChI=1S/C32H36N4O2/c1-6-15-35-16-17-36-30(32(35)37)28(29(34-36)26-11-13-33-14-12-26)27-18-22(4)31(23(5)19-27)38-20-24-7-9-25(10-8-24)21(2)3/h7-14,18-19,21H,6,15-17,20H2,1-5H3. The highest BCUT2D eigenvalue weighted by atomic mass is 16.5. The van der Waals surface area contributed by atoms with E-state index in [1.807, 2.05) is 21.7 Å². The van der Waals surface area contributed by atoms with Crippen LogP contribution in [0.3, 0.4) is 0 Å². The Morgan fingerprint density at radius 1 is 0.947 bits per heavy atom. The number of aryl methyl sites for hydroxylation is 2. The fraction of sp³-hybridized carbons (Fsp3) is 0.344. The van der Waals surface area contributed by atoms with Gasteiger partial charge in [-0.25, -0.2) is 0 Å². The first-order valence-electron chi connectivity index (χ1n) is 13.5. The maximum atomic E-state index is 13.6. The summed E-state index contributed by atoms with van der Waals surface area (Å²) in [5, 5.41) is 4.93. The largest absolute Gasteiger partial charge is 0.488 e. The zero-order valence-corrected chi connectivity index (χ0v) is 23.0. The summed E-state index contributed by atoms with van der Waals surface area (Å²) in [6.45, 7) is 13.3. The van der Waals surface area contributed by atoms with Gasteiger partial charge >= 0.3 is 0 Å². The van der Waals surface area contributed by atoms with Crippen molar-refractivity contribution in [3.05, 3.63) is 88.9 Å². The number of aromatic nitrogens is 3. The number of carbonyl (C=O) groups is 1. The summed E-state index contributed by atoms with van der Waals surface area (Å²) in [4.78, 5) is 19.8. The summed E-state index contributed by atoms with van der Waals surface area (Å²) in [7, 11) is 0. The van der Waals surface area contributed by atoms with E-state index in [0.717, 1.165) is 57.8 Å². The van der Waals surface area contributed by atoms with E-state index < -0.39 is 0 Å². The fourth-order valence-electron chi connectivity index (χ4n) is 5.25. The Morgan fingerprint density at radius 2 is 1.63 bits per heavy atom. The predicted octanol–water partition coefficient (Wildman–Crippen LogP) is 6.80. The molecule has 38 heavy (non-hydrogen) atoms. The molecule has 2 aromatic carbocycles. The van der Waals surface area contributed by atoms with Crippen molar-refractivity contribution in [1.82, 2.24) is 19.7 Å². The molecular weight excluding hydrogens is 472 g/mol. The monoisotopic (exact) mass is 508 g/mol. The van der Waals surface area contributed by atoms with E-state index >= 15 is 0 Å². The van der Waals surface area contributed by atoms with Crippen molar-refractivity contribution >= 4 is 5.91 Å². The van der Waals surface area contributed by atoms with Crippen LogP contribution in [-0.2, 0) is 13.2 Å². The minimum Gasteiger partial charge on any atom is -0.488 e. The van der Waals surface area contributed by atoms with Crippen molar-refractivity contribution in [2.24, 2.45) is 0 Å². The lowest BCUT2D eigenvalue weighted by atomic mass is 9.95. The average molecular weight is 509 g/mol. The van der Waals surface area contributed by atoms with Gasteiger partial charge in [0.25, 0.3) is 5.91 Å². The van der Waals surface area contributed by atoms with Crippen LogP contribution < -0.4 is 4.74 Å². The quantitative estimate of drug-likeness (QED) is 0.263. The number of carbonyl (C=O) groups excluding carboxylic acids is 1. The van der Waals surface area contributed by atoms with Gasteiger partial charge in [-0.05, 0) is 78.3 Å². The molecule has 0 unspecified atom stereocenters. The summed E-state index contributed by atoms with van der Waals surface area (Å²) in [5.74, 6) is 1.43. The highest BCUT2D eigenvalue weighted by Gasteiger charge is 2.32. The van der Waals surface area contributed by atoms with Gasteiger partial charge in [-0.15, -0.1) is 0 Å². The van der Waals surface area contributed by atoms with E-state index in [2.05, 4.69) is 76.0 Å². The Kier molecular flexibility index (Phi) is 7.32. The van der Waals surface area contributed by atoms with E-state index in [-0.39, 0.29) is 5.91 Å². The van der Waals surface area contributed by atoms with E-state index in [4.69, 9.17) is 9.84 Å². The number of fused-ring (bicyclic) bond motifs is 1. The van der Waals surface area contributed by atoms with E-state index in [9.17, 15) is 4.79 Å². The molecule has 0 spiro atoms. The Labute approximate surface area is 225 Å². The molecule has 0 atom stereocenters. The molecule has 0 fully saturated rings. The van der Waals surface area contributed by atoms with Crippen LogP contribution in [0.5, 0.6) is 5.75 Å². The van der Waals surface area contributed by atoms with Crippen LogP contribution in [0, 0.1) is 13.8 Å². The number of amides is 1.